The van der Waals surface area contributed by atoms with Crippen molar-refractivity contribution < 1.29 is 17.9 Å². The molecule has 0 bridgehead atoms. The minimum atomic E-state index is -4.63. The Morgan fingerprint density at radius 2 is 1.74 bits per heavy atom. The molecule has 1 saturated heterocycles. The average molecular weight is 519 g/mol. The van der Waals surface area contributed by atoms with Gasteiger partial charge in [0, 0.05) is 25.3 Å². The summed E-state index contributed by atoms with van der Waals surface area (Å²) in [5, 5.41) is 17.0. The molecule has 2 heterocycles. The summed E-state index contributed by atoms with van der Waals surface area (Å²) >= 11 is 0. The first-order valence-electron chi connectivity index (χ1n) is 10.5. The molecule has 2 aromatic carbocycles. The van der Waals surface area contributed by atoms with Crippen LogP contribution in [-0.2, 0) is 23.2 Å². The zero-order valence-electron chi connectivity index (χ0n) is 18.4. The summed E-state index contributed by atoms with van der Waals surface area (Å²) in [6, 6.07) is 18.5. The normalized spacial score (nSPS) is 22.5. The number of aromatic nitrogens is 4. The van der Waals surface area contributed by atoms with Gasteiger partial charge in [-0.15, -0.1) is 29.9 Å². The highest BCUT2D eigenvalue weighted by molar-refractivity contribution is 5.85. The largest absolute Gasteiger partial charge is 0.453 e. The predicted molar refractivity (Wildman–Crippen MR) is 126 cm³/mol. The van der Waals surface area contributed by atoms with Gasteiger partial charge in [-0.25, -0.2) is 4.68 Å². The SMILES string of the molecule is CCO[C@]1(c2ccccc2)NCC(n2nnnc2C(F)(F)F)C[C@@H]1NCc1ccccc1.Cl.Cl. The number of ether oxygens (including phenoxy) is 1. The molecule has 1 aromatic heterocycles. The van der Waals surface area contributed by atoms with E-state index >= 15 is 0 Å². The Labute approximate surface area is 208 Å². The van der Waals surface area contributed by atoms with Crippen molar-refractivity contribution in [3.8, 4) is 0 Å². The molecule has 34 heavy (non-hydrogen) atoms. The van der Waals surface area contributed by atoms with E-state index < -0.39 is 23.8 Å². The first-order valence-corrected chi connectivity index (χ1v) is 10.5. The second kappa shape index (κ2) is 11.9. The number of alkyl halides is 3. The number of hydrogen-bond acceptors (Lipinski definition) is 6. The van der Waals surface area contributed by atoms with Crippen LogP contribution >= 0.6 is 24.8 Å². The quantitative estimate of drug-likeness (QED) is 0.490. The van der Waals surface area contributed by atoms with Crippen molar-refractivity contribution in [3.05, 3.63) is 77.6 Å². The maximum Gasteiger partial charge on any atom is 0.453 e. The number of halogens is 5. The fourth-order valence-corrected chi connectivity index (χ4v) is 4.24. The van der Waals surface area contributed by atoms with E-state index in [-0.39, 0.29) is 37.4 Å². The van der Waals surface area contributed by atoms with Crippen LogP contribution < -0.4 is 10.6 Å². The molecule has 186 valence electrons. The van der Waals surface area contributed by atoms with Gasteiger partial charge >= 0.3 is 6.18 Å². The fraction of sp³-hybridized carbons (Fsp3) is 0.409. The maximum atomic E-state index is 13.4. The molecule has 4 rings (SSSR count). The maximum absolute atomic E-state index is 13.4. The Hall–Kier alpha value is -2.24. The lowest BCUT2D eigenvalue weighted by Gasteiger charge is -2.47. The van der Waals surface area contributed by atoms with Crippen LogP contribution in [0.4, 0.5) is 13.2 Å². The zero-order valence-corrected chi connectivity index (χ0v) is 20.0. The Morgan fingerprint density at radius 1 is 1.09 bits per heavy atom. The van der Waals surface area contributed by atoms with E-state index in [1.807, 2.05) is 67.6 Å². The Morgan fingerprint density at radius 3 is 2.35 bits per heavy atom. The third-order valence-electron chi connectivity index (χ3n) is 5.66. The molecule has 0 aliphatic carbocycles. The molecule has 0 saturated carbocycles. The number of hydrogen-bond donors (Lipinski definition) is 2. The lowest BCUT2D eigenvalue weighted by molar-refractivity contribution is -0.151. The van der Waals surface area contributed by atoms with Gasteiger partial charge in [0.05, 0.1) is 12.1 Å². The van der Waals surface area contributed by atoms with Crippen molar-refractivity contribution in [1.29, 1.82) is 0 Å². The lowest BCUT2D eigenvalue weighted by atomic mass is 9.85. The number of rotatable bonds is 7. The molecule has 3 aromatic rings. The van der Waals surface area contributed by atoms with Crippen LogP contribution in [0.5, 0.6) is 0 Å². The highest BCUT2D eigenvalue weighted by atomic mass is 35.5. The van der Waals surface area contributed by atoms with Gasteiger partial charge in [-0.2, -0.15) is 13.2 Å². The van der Waals surface area contributed by atoms with Crippen molar-refractivity contribution >= 4 is 24.8 Å². The summed E-state index contributed by atoms with van der Waals surface area (Å²) < 4.78 is 47.4. The minimum absolute atomic E-state index is 0. The van der Waals surface area contributed by atoms with Crippen LogP contribution in [-0.4, -0.2) is 39.4 Å². The molecule has 0 spiro atoms. The topological polar surface area (TPSA) is 76.9 Å². The molecule has 7 nitrogen and oxygen atoms in total. The van der Waals surface area contributed by atoms with E-state index in [4.69, 9.17) is 4.74 Å². The van der Waals surface area contributed by atoms with Gasteiger partial charge in [0.25, 0.3) is 5.82 Å². The van der Waals surface area contributed by atoms with Gasteiger partial charge in [0.1, 0.15) is 0 Å². The molecule has 1 aliphatic rings. The van der Waals surface area contributed by atoms with E-state index in [2.05, 4.69) is 26.2 Å². The molecular formula is C22H27Cl2F3N6O. The van der Waals surface area contributed by atoms with E-state index in [0.29, 0.717) is 19.6 Å². The minimum Gasteiger partial charge on any atom is -0.355 e. The van der Waals surface area contributed by atoms with Crippen LogP contribution in [0.3, 0.4) is 0 Å². The molecule has 0 amide bonds. The van der Waals surface area contributed by atoms with Crippen molar-refractivity contribution in [2.45, 2.75) is 43.9 Å². The number of tetrazole rings is 1. The van der Waals surface area contributed by atoms with Gasteiger partial charge in [-0.3, -0.25) is 5.32 Å². The third-order valence-corrected chi connectivity index (χ3v) is 5.66. The van der Waals surface area contributed by atoms with Crippen molar-refractivity contribution in [2.75, 3.05) is 13.2 Å². The molecule has 3 atom stereocenters. The number of nitrogens with zero attached hydrogens (tertiary/aromatic N) is 4. The summed E-state index contributed by atoms with van der Waals surface area (Å²) in [6.07, 6.45) is -4.30. The van der Waals surface area contributed by atoms with E-state index in [9.17, 15) is 13.2 Å². The molecule has 12 heteroatoms. The Kier molecular flexibility index (Phi) is 9.84. The zero-order chi connectivity index (χ0) is 22.6. The van der Waals surface area contributed by atoms with Crippen molar-refractivity contribution in [2.24, 2.45) is 0 Å². The Balaban J connectivity index is 0.00000204. The van der Waals surface area contributed by atoms with Gasteiger partial charge in [-0.05, 0) is 29.3 Å². The molecule has 1 unspecified atom stereocenters. The molecule has 0 radical (unpaired) electrons. The Bertz CT molecular complexity index is 1010. The van der Waals surface area contributed by atoms with E-state index in [1.165, 1.54) is 0 Å². The van der Waals surface area contributed by atoms with Crippen molar-refractivity contribution in [3.63, 3.8) is 0 Å². The van der Waals surface area contributed by atoms with Gasteiger partial charge in [0.2, 0.25) is 0 Å². The van der Waals surface area contributed by atoms with Gasteiger partial charge in [-0.1, -0.05) is 60.7 Å². The molecular weight excluding hydrogens is 492 g/mol. The third kappa shape index (κ3) is 5.87. The van der Waals surface area contributed by atoms with Gasteiger partial charge < -0.3 is 10.1 Å². The summed E-state index contributed by atoms with van der Waals surface area (Å²) in [4.78, 5) is 0. The lowest BCUT2D eigenvalue weighted by Crippen LogP contribution is -2.64. The van der Waals surface area contributed by atoms with E-state index in [0.717, 1.165) is 15.8 Å². The monoisotopic (exact) mass is 518 g/mol. The summed E-state index contributed by atoms with van der Waals surface area (Å²) in [6.45, 7) is 3.07. The van der Waals surface area contributed by atoms with Crippen LogP contribution in [0.2, 0.25) is 0 Å². The van der Waals surface area contributed by atoms with Gasteiger partial charge in [0.15, 0.2) is 5.72 Å². The average Bonchev–Trinajstić information content (AvgIpc) is 3.30. The van der Waals surface area contributed by atoms with Crippen LogP contribution in [0.25, 0.3) is 0 Å². The number of benzene rings is 2. The highest BCUT2D eigenvalue weighted by Crippen LogP contribution is 2.37. The standard InChI is InChI=1S/C22H25F3N6O.2ClH/c1-2-32-21(17-11-7-4-8-12-17)19(26-14-16-9-5-3-6-10-16)13-18(15-27-21)31-20(22(23,24)25)28-29-30-31;;/h3-12,18-19,26-27H,2,13-15H2,1H3;2*1H/t18?,19-,21-;;/m0../s1. The molecule has 1 fully saturated rings. The van der Waals surface area contributed by atoms with Crippen LogP contribution in [0.1, 0.15) is 36.3 Å². The number of nitrogens with one attached hydrogen (secondary N) is 2. The first kappa shape index (κ1) is 28.0. The predicted octanol–water partition coefficient (Wildman–Crippen LogP) is 4.12. The van der Waals surface area contributed by atoms with Crippen LogP contribution in [0.15, 0.2) is 60.7 Å². The van der Waals surface area contributed by atoms with Crippen molar-refractivity contribution in [1.82, 2.24) is 30.8 Å². The highest BCUT2D eigenvalue weighted by Gasteiger charge is 2.48. The number of piperidine rings is 1. The molecule has 2 N–H and O–H groups in total. The first-order chi connectivity index (χ1) is 15.4. The fourth-order valence-electron chi connectivity index (χ4n) is 4.24. The summed E-state index contributed by atoms with van der Waals surface area (Å²) in [7, 11) is 0. The van der Waals surface area contributed by atoms with Crippen LogP contribution in [0, 0.1) is 0 Å². The smallest absolute Gasteiger partial charge is 0.355 e. The van der Waals surface area contributed by atoms with E-state index in [1.54, 1.807) is 0 Å². The summed E-state index contributed by atoms with van der Waals surface area (Å²) in [5.41, 5.74) is 1.05. The molecule has 1 aliphatic heterocycles. The second-order valence-corrected chi connectivity index (χ2v) is 7.67. The second-order valence-electron chi connectivity index (χ2n) is 7.67. The summed E-state index contributed by atoms with van der Waals surface area (Å²) in [5.74, 6) is -1.10.